The number of aliphatic carboxylic acids is 1. The molecule has 8 N–H and O–H groups in total. The molecular formula is C41H66O14. The van der Waals surface area contributed by atoms with Crippen LogP contribution >= 0.6 is 0 Å². The predicted molar refractivity (Wildman–Crippen MR) is 195 cm³/mol. The molecular weight excluding hydrogens is 716 g/mol. The lowest BCUT2D eigenvalue weighted by atomic mass is 9.33. The molecule has 14 heteroatoms. The second-order valence-electron chi connectivity index (χ2n) is 20.4. The maximum Gasteiger partial charge on any atom is 0.310 e. The molecule has 0 spiro atoms. The van der Waals surface area contributed by atoms with Crippen LogP contribution in [0.4, 0.5) is 0 Å². The Morgan fingerprint density at radius 2 is 1.40 bits per heavy atom. The lowest BCUT2D eigenvalue weighted by Gasteiger charge is -2.71. The molecule has 14 nitrogen and oxygen atoms in total. The van der Waals surface area contributed by atoms with Crippen LogP contribution in [0.1, 0.15) is 113 Å². The number of aliphatic hydroxyl groups excluding tert-OH is 6. The Bertz CT molecular complexity index is 1480. The smallest absolute Gasteiger partial charge is 0.310 e. The number of hydrogen-bond acceptors (Lipinski definition) is 13. The third kappa shape index (κ3) is 6.22. The van der Waals surface area contributed by atoms with Gasteiger partial charge in [0.15, 0.2) is 12.6 Å². The van der Waals surface area contributed by atoms with Crippen molar-refractivity contribution in [1.82, 2.24) is 0 Å². The molecule has 0 aromatic carbocycles. The van der Waals surface area contributed by atoms with Gasteiger partial charge in [0.2, 0.25) is 6.29 Å². The van der Waals surface area contributed by atoms with Crippen LogP contribution in [0.25, 0.3) is 0 Å². The van der Waals surface area contributed by atoms with E-state index in [9.17, 15) is 40.5 Å². The number of rotatable bonds is 7. The Morgan fingerprint density at radius 3 is 2.05 bits per heavy atom. The summed E-state index contributed by atoms with van der Waals surface area (Å²) in [6.07, 6.45) is -5.52. The highest BCUT2D eigenvalue weighted by Crippen LogP contribution is 2.76. The lowest BCUT2D eigenvalue weighted by molar-refractivity contribution is -0.439. The molecule has 7 aliphatic rings. The average molecular weight is 783 g/mol. The zero-order valence-electron chi connectivity index (χ0n) is 33.5. The fourth-order valence-electron chi connectivity index (χ4n) is 13.5. The van der Waals surface area contributed by atoms with Crippen molar-refractivity contribution < 1.29 is 69.6 Å². The Hall–Kier alpha value is -1.27. The molecule has 2 heterocycles. The standard InChI is InChI=1S/C41H66O14/c1-36(2)14-16-41(35(48)49)17-15-39(6)20(21(41)18-36)8-9-24-38(5)12-11-25(37(3,4)23(38)10-13-40(24,39)7)52-32-30(47)27(44)31(22(19-42)51-32)53-33-28(45)26(43)29(46)34(54-33)55-50/h8,21-34,42-47,50H,9-19H2,1-7H3,(H,48,49)/t21-,22+,23-,24+,25-,26+,27+,28+,29+,30+,31-,32-,33+,34+,38-,39+,40+,41-/m0/s1. The number of carboxylic acids is 1. The van der Waals surface area contributed by atoms with Crippen LogP contribution in [-0.4, -0.2) is 121 Å². The summed E-state index contributed by atoms with van der Waals surface area (Å²) in [5.41, 5.74) is 0.289. The highest BCUT2D eigenvalue weighted by molar-refractivity contribution is 5.76. The zero-order chi connectivity index (χ0) is 40.3. The van der Waals surface area contributed by atoms with Gasteiger partial charge in [-0.05, 0) is 109 Å². The van der Waals surface area contributed by atoms with E-state index in [1.807, 2.05) is 0 Å². The molecule has 2 saturated heterocycles. The van der Waals surface area contributed by atoms with E-state index in [1.165, 1.54) is 5.57 Å². The van der Waals surface area contributed by atoms with Crippen molar-refractivity contribution in [3.05, 3.63) is 11.6 Å². The van der Waals surface area contributed by atoms with E-state index in [0.717, 1.165) is 51.4 Å². The molecule has 0 bridgehead atoms. The fraction of sp³-hybridized carbons (Fsp3) is 0.927. The maximum atomic E-state index is 13.0. The van der Waals surface area contributed by atoms with E-state index in [4.69, 9.17) is 24.2 Å². The highest BCUT2D eigenvalue weighted by atomic mass is 17.1. The van der Waals surface area contributed by atoms with Gasteiger partial charge in [0, 0.05) is 0 Å². The van der Waals surface area contributed by atoms with Gasteiger partial charge in [-0.2, -0.15) is 0 Å². The molecule has 55 heavy (non-hydrogen) atoms. The molecule has 4 saturated carbocycles. The summed E-state index contributed by atoms with van der Waals surface area (Å²) in [7, 11) is 0. The topological polar surface area (TPSA) is 225 Å². The summed E-state index contributed by atoms with van der Waals surface area (Å²) in [5.74, 6) is 0.0578. The van der Waals surface area contributed by atoms with E-state index >= 15 is 0 Å². The minimum atomic E-state index is -1.83. The van der Waals surface area contributed by atoms with E-state index in [-0.39, 0.29) is 45.0 Å². The monoisotopic (exact) mass is 782 g/mol. The minimum absolute atomic E-state index is 0.0123. The van der Waals surface area contributed by atoms with Gasteiger partial charge in [0.1, 0.15) is 42.7 Å². The van der Waals surface area contributed by atoms with Gasteiger partial charge in [-0.1, -0.05) is 60.1 Å². The van der Waals surface area contributed by atoms with Crippen molar-refractivity contribution in [3.8, 4) is 0 Å². The van der Waals surface area contributed by atoms with Gasteiger partial charge in [-0.25, -0.2) is 10.1 Å². The summed E-state index contributed by atoms with van der Waals surface area (Å²) in [4.78, 5) is 17.1. The van der Waals surface area contributed by atoms with Crippen molar-refractivity contribution in [2.45, 2.75) is 180 Å². The van der Waals surface area contributed by atoms with E-state index in [1.54, 1.807) is 0 Å². The molecule has 7 rings (SSSR count). The molecule has 0 unspecified atom stereocenters. The molecule has 0 aromatic heterocycles. The van der Waals surface area contributed by atoms with Crippen molar-refractivity contribution in [1.29, 1.82) is 0 Å². The Kier molecular flexibility index (Phi) is 10.8. The number of hydrogen-bond donors (Lipinski definition) is 8. The molecule has 314 valence electrons. The summed E-state index contributed by atoms with van der Waals surface area (Å²) in [5, 5.41) is 83.3. The summed E-state index contributed by atoms with van der Waals surface area (Å²) >= 11 is 0. The maximum absolute atomic E-state index is 13.0. The van der Waals surface area contributed by atoms with Gasteiger partial charge in [0.25, 0.3) is 0 Å². The summed E-state index contributed by atoms with van der Waals surface area (Å²) in [6.45, 7) is 15.7. The second kappa shape index (κ2) is 14.2. The van der Waals surface area contributed by atoms with Gasteiger partial charge >= 0.3 is 5.97 Å². The van der Waals surface area contributed by atoms with Crippen LogP contribution in [0.3, 0.4) is 0 Å². The quantitative estimate of drug-likeness (QED) is 0.0803. The van der Waals surface area contributed by atoms with E-state index in [2.05, 4.69) is 59.4 Å². The number of carbonyl (C=O) groups is 1. The predicted octanol–water partition coefficient (Wildman–Crippen LogP) is 3.34. The summed E-state index contributed by atoms with van der Waals surface area (Å²) in [6, 6.07) is 0. The molecule has 0 aromatic rings. The zero-order valence-corrected chi connectivity index (χ0v) is 33.5. The number of carboxylic acid groups (broad SMARTS) is 1. The molecule has 0 radical (unpaired) electrons. The molecule has 6 fully saturated rings. The number of ether oxygens (including phenoxy) is 4. The van der Waals surface area contributed by atoms with Gasteiger partial charge in [0.05, 0.1) is 18.1 Å². The molecule has 2 aliphatic heterocycles. The van der Waals surface area contributed by atoms with Gasteiger partial charge < -0.3 is 54.7 Å². The normalized spacial score (nSPS) is 53.2. The third-order valence-corrected chi connectivity index (χ3v) is 17.0. The first-order chi connectivity index (χ1) is 25.6. The molecule has 18 atom stereocenters. The van der Waals surface area contributed by atoms with Crippen molar-refractivity contribution in [3.63, 3.8) is 0 Å². The van der Waals surface area contributed by atoms with Crippen molar-refractivity contribution >= 4 is 5.97 Å². The van der Waals surface area contributed by atoms with Crippen LogP contribution in [-0.2, 0) is 28.6 Å². The largest absolute Gasteiger partial charge is 0.481 e. The number of fused-ring (bicyclic) bond motifs is 7. The first-order valence-electron chi connectivity index (χ1n) is 20.5. The third-order valence-electron chi connectivity index (χ3n) is 17.0. The Labute approximate surface area is 324 Å². The Balaban J connectivity index is 1.08. The van der Waals surface area contributed by atoms with E-state index < -0.39 is 79.6 Å². The van der Waals surface area contributed by atoms with Crippen LogP contribution in [0.5, 0.6) is 0 Å². The highest BCUT2D eigenvalue weighted by Gasteiger charge is 2.69. The summed E-state index contributed by atoms with van der Waals surface area (Å²) < 4.78 is 23.5. The number of allylic oxidation sites excluding steroid dienone is 2. The van der Waals surface area contributed by atoms with Gasteiger partial charge in [-0.3, -0.25) is 4.79 Å². The van der Waals surface area contributed by atoms with Crippen LogP contribution in [0.15, 0.2) is 11.6 Å². The first kappa shape index (κ1) is 41.9. The van der Waals surface area contributed by atoms with Crippen LogP contribution in [0, 0.1) is 50.2 Å². The fourth-order valence-corrected chi connectivity index (χ4v) is 13.5. The first-order valence-corrected chi connectivity index (χ1v) is 20.5. The Morgan fingerprint density at radius 1 is 0.764 bits per heavy atom. The van der Waals surface area contributed by atoms with Crippen LogP contribution < -0.4 is 0 Å². The lowest BCUT2D eigenvalue weighted by Crippen LogP contribution is -2.66. The van der Waals surface area contributed by atoms with Crippen molar-refractivity contribution in [2.75, 3.05) is 6.61 Å². The molecule has 0 amide bonds. The van der Waals surface area contributed by atoms with E-state index in [0.29, 0.717) is 18.8 Å². The van der Waals surface area contributed by atoms with Crippen molar-refractivity contribution in [2.24, 2.45) is 50.2 Å². The SMILES string of the molecule is CC1(C)CC[C@]2(C(=O)O)CC[C@]3(C)C(=CC[C@@H]4[C@@]5(C)CC[C@H](O[C@@H]6O[C@H](CO)[C@H](O[C@@H]7O[C@H](OO)[C@H](O)[C@H](O)[C@H]7O)[C@H](O)[C@H]6O)C(C)(C)[C@@H]5CC[C@]43C)[C@@H]2C1. The minimum Gasteiger partial charge on any atom is -0.481 e. The van der Waals surface area contributed by atoms with Gasteiger partial charge in [-0.15, -0.1) is 0 Å². The number of aliphatic hydroxyl groups is 6. The average Bonchev–Trinajstić information content (AvgIpc) is 3.12. The van der Waals surface area contributed by atoms with Crippen LogP contribution in [0.2, 0.25) is 0 Å². The molecule has 5 aliphatic carbocycles. The second-order valence-corrected chi connectivity index (χ2v) is 20.4.